The largest absolute Gasteiger partial charge is 0.478 e. The van der Waals surface area contributed by atoms with E-state index in [1.165, 1.54) is 24.3 Å². The topological polar surface area (TPSA) is 106 Å². The van der Waals surface area contributed by atoms with E-state index in [1.807, 2.05) is 0 Å². The van der Waals surface area contributed by atoms with Crippen LogP contribution < -0.4 is 0 Å². The Kier molecular flexibility index (Phi) is 6.89. The van der Waals surface area contributed by atoms with Gasteiger partial charge in [-0.1, -0.05) is 0 Å². The first-order valence-electron chi connectivity index (χ1n) is 5.74. The number of benzene rings is 1. The van der Waals surface area contributed by atoms with E-state index in [0.29, 0.717) is 0 Å². The standard InChI is InChI=1S/C8H8O4S.C4F6O2/c1-13(11,12)7-4-2-6(3-5-7)8(9)10;5-3(6,7)1(11)2(12)4(8,9)10/h2-5H,1H3,(H,9,10);. The van der Waals surface area contributed by atoms with Gasteiger partial charge in [-0.25, -0.2) is 13.2 Å². The summed E-state index contributed by atoms with van der Waals surface area (Å²) in [6.07, 6.45) is -10.5. The molecule has 0 spiro atoms. The highest BCUT2D eigenvalue weighted by Crippen LogP contribution is 2.24. The zero-order chi connectivity index (χ0) is 20.2. The van der Waals surface area contributed by atoms with Crippen LogP contribution in [0.4, 0.5) is 26.3 Å². The smallest absolute Gasteiger partial charge is 0.458 e. The average molecular weight is 394 g/mol. The van der Waals surface area contributed by atoms with E-state index in [9.17, 15) is 49.1 Å². The number of carbonyl (C=O) groups is 3. The van der Waals surface area contributed by atoms with E-state index >= 15 is 0 Å². The molecule has 1 rings (SSSR count). The number of carbonyl (C=O) groups excluding carboxylic acids is 2. The third kappa shape index (κ3) is 7.32. The molecule has 0 saturated heterocycles. The maximum atomic E-state index is 11.2. The predicted molar refractivity (Wildman–Crippen MR) is 68.6 cm³/mol. The molecule has 140 valence electrons. The van der Waals surface area contributed by atoms with Crippen LogP contribution in [0.3, 0.4) is 0 Å². The van der Waals surface area contributed by atoms with Crippen molar-refractivity contribution in [3.63, 3.8) is 0 Å². The molecule has 0 atom stereocenters. The Balaban J connectivity index is 0.000000463. The molecule has 13 heteroatoms. The number of ketones is 2. The van der Waals surface area contributed by atoms with Gasteiger partial charge < -0.3 is 5.11 Å². The minimum absolute atomic E-state index is 0.0763. The highest BCUT2D eigenvalue weighted by atomic mass is 32.2. The number of carboxylic acids is 1. The maximum Gasteiger partial charge on any atom is 0.458 e. The van der Waals surface area contributed by atoms with Gasteiger partial charge >= 0.3 is 29.9 Å². The summed E-state index contributed by atoms with van der Waals surface area (Å²) in [5, 5.41) is 8.53. The van der Waals surface area contributed by atoms with Gasteiger partial charge in [-0.3, -0.25) is 9.59 Å². The number of halogens is 6. The molecule has 0 aliphatic heterocycles. The Morgan fingerprint density at radius 2 is 1.16 bits per heavy atom. The predicted octanol–water partition coefficient (Wildman–Crippen LogP) is 2.04. The van der Waals surface area contributed by atoms with Crippen molar-refractivity contribution in [2.24, 2.45) is 0 Å². The number of hydrogen-bond acceptors (Lipinski definition) is 5. The van der Waals surface area contributed by atoms with Crippen LogP contribution in [0.5, 0.6) is 0 Å². The van der Waals surface area contributed by atoms with Gasteiger partial charge in [0.25, 0.3) is 0 Å². The van der Waals surface area contributed by atoms with Crippen molar-refractivity contribution < 1.29 is 54.3 Å². The Hall–Kier alpha value is -2.44. The summed E-state index contributed by atoms with van der Waals surface area (Å²) in [6, 6.07) is 5.08. The Bertz CT molecular complexity index is 737. The van der Waals surface area contributed by atoms with Gasteiger partial charge in [0, 0.05) is 6.26 Å². The molecular weight excluding hydrogens is 386 g/mol. The van der Waals surface area contributed by atoms with E-state index < -0.39 is 39.7 Å². The second-order valence-corrected chi connectivity index (χ2v) is 6.27. The lowest BCUT2D eigenvalue weighted by Crippen LogP contribution is -2.39. The summed E-state index contributed by atoms with van der Waals surface area (Å²) >= 11 is 0. The molecule has 25 heavy (non-hydrogen) atoms. The highest BCUT2D eigenvalue weighted by Gasteiger charge is 2.54. The minimum atomic E-state index is -5.77. The van der Waals surface area contributed by atoms with Gasteiger partial charge in [0.15, 0.2) is 9.84 Å². The molecule has 0 aromatic heterocycles. The number of alkyl halides is 6. The second kappa shape index (κ2) is 7.63. The molecule has 0 aliphatic rings. The number of carboxylic acid groups (broad SMARTS) is 1. The zero-order valence-electron chi connectivity index (χ0n) is 12.0. The summed E-state index contributed by atoms with van der Waals surface area (Å²) < 4.78 is 88.9. The molecule has 0 unspecified atom stereocenters. The highest BCUT2D eigenvalue weighted by molar-refractivity contribution is 7.90. The van der Waals surface area contributed by atoms with E-state index in [-0.39, 0.29) is 10.5 Å². The number of sulfone groups is 1. The number of hydrogen-bond donors (Lipinski definition) is 1. The zero-order valence-corrected chi connectivity index (χ0v) is 12.8. The van der Waals surface area contributed by atoms with Gasteiger partial charge in [0.1, 0.15) is 0 Å². The van der Waals surface area contributed by atoms with Crippen molar-refractivity contribution in [3.8, 4) is 0 Å². The molecule has 0 aliphatic carbocycles. The van der Waals surface area contributed by atoms with E-state index in [2.05, 4.69) is 0 Å². The normalized spacial score (nSPS) is 12.0. The Labute approximate surface area is 136 Å². The lowest BCUT2D eigenvalue weighted by molar-refractivity contribution is -0.193. The number of Topliss-reactive ketones (excluding diaryl/α,β-unsaturated/α-hetero) is 2. The lowest BCUT2D eigenvalue weighted by atomic mass is 10.2. The van der Waals surface area contributed by atoms with Crippen LogP contribution in [-0.2, 0) is 19.4 Å². The number of rotatable bonds is 3. The summed E-state index contributed by atoms with van der Waals surface area (Å²) in [4.78, 5) is 29.8. The van der Waals surface area contributed by atoms with Gasteiger partial charge in [-0.2, -0.15) is 26.3 Å². The molecule has 0 amide bonds. The van der Waals surface area contributed by atoms with Crippen molar-refractivity contribution in [2.75, 3.05) is 6.26 Å². The molecular formula is C12H8F6O6S. The second-order valence-electron chi connectivity index (χ2n) is 4.26. The fourth-order valence-corrected chi connectivity index (χ4v) is 1.73. The average Bonchev–Trinajstić information content (AvgIpc) is 2.43. The third-order valence-corrected chi connectivity index (χ3v) is 3.38. The van der Waals surface area contributed by atoms with Crippen LogP contribution in [0.25, 0.3) is 0 Å². The van der Waals surface area contributed by atoms with Gasteiger partial charge in [0.05, 0.1) is 10.5 Å². The molecule has 0 saturated carbocycles. The van der Waals surface area contributed by atoms with Crippen LogP contribution in [0.15, 0.2) is 29.2 Å². The Morgan fingerprint density at radius 1 is 0.840 bits per heavy atom. The molecule has 1 aromatic carbocycles. The molecule has 0 heterocycles. The molecule has 0 radical (unpaired) electrons. The molecule has 0 bridgehead atoms. The van der Waals surface area contributed by atoms with Crippen LogP contribution in [0, 0.1) is 0 Å². The van der Waals surface area contributed by atoms with Crippen molar-refractivity contribution in [2.45, 2.75) is 17.2 Å². The summed E-state index contributed by atoms with van der Waals surface area (Å²) in [5.74, 6) is -7.88. The quantitative estimate of drug-likeness (QED) is 0.621. The minimum Gasteiger partial charge on any atom is -0.478 e. The van der Waals surface area contributed by atoms with Crippen LogP contribution in [0.2, 0.25) is 0 Å². The fourth-order valence-electron chi connectivity index (χ4n) is 1.10. The van der Waals surface area contributed by atoms with Crippen molar-refractivity contribution in [3.05, 3.63) is 29.8 Å². The first-order valence-corrected chi connectivity index (χ1v) is 7.63. The summed E-state index contributed by atoms with van der Waals surface area (Å²) in [6.45, 7) is 0. The fraction of sp³-hybridized carbons (Fsp3) is 0.250. The third-order valence-electron chi connectivity index (χ3n) is 2.25. The van der Waals surface area contributed by atoms with Crippen molar-refractivity contribution >= 4 is 27.4 Å². The lowest BCUT2D eigenvalue weighted by Gasteiger charge is -2.05. The summed E-state index contributed by atoms with van der Waals surface area (Å²) in [5.41, 5.74) is 0.0763. The summed E-state index contributed by atoms with van der Waals surface area (Å²) in [7, 11) is -3.24. The monoisotopic (exact) mass is 394 g/mol. The van der Waals surface area contributed by atoms with Gasteiger partial charge in [0.2, 0.25) is 0 Å². The van der Waals surface area contributed by atoms with Crippen LogP contribution in [-0.4, -0.2) is 49.7 Å². The van der Waals surface area contributed by atoms with Crippen LogP contribution >= 0.6 is 0 Å². The first kappa shape index (κ1) is 22.6. The number of aromatic carboxylic acids is 1. The van der Waals surface area contributed by atoms with Gasteiger partial charge in [-0.05, 0) is 24.3 Å². The van der Waals surface area contributed by atoms with E-state index in [4.69, 9.17) is 5.11 Å². The van der Waals surface area contributed by atoms with Crippen molar-refractivity contribution in [1.82, 2.24) is 0 Å². The SMILES string of the molecule is CS(=O)(=O)c1ccc(C(=O)O)cc1.O=C(C(=O)C(F)(F)F)C(F)(F)F. The van der Waals surface area contributed by atoms with Crippen LogP contribution in [0.1, 0.15) is 10.4 Å². The molecule has 1 aromatic rings. The molecule has 6 nitrogen and oxygen atoms in total. The van der Waals surface area contributed by atoms with E-state index in [1.54, 1.807) is 0 Å². The Morgan fingerprint density at radius 3 is 1.36 bits per heavy atom. The van der Waals surface area contributed by atoms with Gasteiger partial charge in [-0.15, -0.1) is 0 Å². The van der Waals surface area contributed by atoms with E-state index in [0.717, 1.165) is 6.26 Å². The van der Waals surface area contributed by atoms with Crippen molar-refractivity contribution in [1.29, 1.82) is 0 Å². The maximum absolute atomic E-state index is 11.2. The first-order chi connectivity index (χ1) is 11.0. The molecule has 1 N–H and O–H groups in total. The molecule has 0 fully saturated rings.